The molecule has 16 heavy (non-hydrogen) atoms. The molecule has 0 heterocycles. The van der Waals surface area contributed by atoms with Gasteiger partial charge in [0.1, 0.15) is 0 Å². The fourth-order valence-electron chi connectivity index (χ4n) is 1.85. The molecule has 0 saturated carbocycles. The van der Waals surface area contributed by atoms with Crippen LogP contribution in [-0.2, 0) is 4.84 Å². The van der Waals surface area contributed by atoms with Crippen molar-refractivity contribution in [3.63, 3.8) is 0 Å². The van der Waals surface area contributed by atoms with Crippen molar-refractivity contribution in [1.29, 1.82) is 0 Å². The molecular formula is C14H15NO. The van der Waals surface area contributed by atoms with Crippen LogP contribution in [0.3, 0.4) is 0 Å². The molecule has 0 spiro atoms. The number of benzene rings is 2. The van der Waals surface area contributed by atoms with Gasteiger partial charge >= 0.3 is 0 Å². The predicted molar refractivity (Wildman–Crippen MR) is 64.9 cm³/mol. The van der Waals surface area contributed by atoms with Crippen LogP contribution in [0.2, 0.25) is 0 Å². The van der Waals surface area contributed by atoms with Crippen LogP contribution in [-0.4, -0.2) is 6.61 Å². The summed E-state index contributed by atoms with van der Waals surface area (Å²) < 4.78 is 0. The molecule has 0 saturated heterocycles. The van der Waals surface area contributed by atoms with Crippen molar-refractivity contribution in [1.82, 2.24) is 0 Å². The Labute approximate surface area is 95.6 Å². The van der Waals surface area contributed by atoms with Crippen molar-refractivity contribution in [3.05, 3.63) is 71.8 Å². The Morgan fingerprint density at radius 2 is 1.25 bits per heavy atom. The van der Waals surface area contributed by atoms with Crippen molar-refractivity contribution < 1.29 is 4.84 Å². The van der Waals surface area contributed by atoms with Gasteiger partial charge < -0.3 is 4.84 Å². The van der Waals surface area contributed by atoms with E-state index in [4.69, 9.17) is 10.7 Å². The average Bonchev–Trinajstić information content (AvgIpc) is 2.38. The highest BCUT2D eigenvalue weighted by Crippen LogP contribution is 2.24. The largest absolute Gasteiger partial charge is 0.304 e. The smallest absolute Gasteiger partial charge is 0.0788 e. The van der Waals surface area contributed by atoms with Gasteiger partial charge in [-0.25, -0.2) is 5.90 Å². The Morgan fingerprint density at radius 1 is 0.812 bits per heavy atom. The zero-order chi connectivity index (χ0) is 11.2. The summed E-state index contributed by atoms with van der Waals surface area (Å²) in [5.41, 5.74) is 2.44. The maximum Gasteiger partial charge on any atom is 0.0788 e. The lowest BCUT2D eigenvalue weighted by Gasteiger charge is -2.16. The third-order valence-electron chi connectivity index (χ3n) is 2.67. The molecule has 0 aliphatic heterocycles. The lowest BCUT2D eigenvalue weighted by atomic mass is 9.92. The van der Waals surface area contributed by atoms with Crippen molar-refractivity contribution in [2.45, 2.75) is 5.92 Å². The molecule has 0 bridgehead atoms. The molecule has 82 valence electrons. The maximum atomic E-state index is 5.20. The topological polar surface area (TPSA) is 35.2 Å². The number of hydrogen-bond acceptors (Lipinski definition) is 2. The summed E-state index contributed by atoms with van der Waals surface area (Å²) >= 11 is 0. The molecular weight excluding hydrogens is 198 g/mol. The molecule has 0 aliphatic carbocycles. The van der Waals surface area contributed by atoms with Crippen LogP contribution in [0.25, 0.3) is 0 Å². The third-order valence-corrected chi connectivity index (χ3v) is 2.67. The van der Waals surface area contributed by atoms with Crippen LogP contribution in [0.15, 0.2) is 60.7 Å². The lowest BCUT2D eigenvalue weighted by molar-refractivity contribution is 0.131. The highest BCUT2D eigenvalue weighted by molar-refractivity contribution is 5.32. The SMILES string of the molecule is NOCC(c1ccccc1)c1ccccc1. The first-order valence-corrected chi connectivity index (χ1v) is 5.33. The molecule has 2 aromatic carbocycles. The van der Waals surface area contributed by atoms with Gasteiger partial charge in [-0.3, -0.25) is 0 Å². The second-order valence-corrected chi connectivity index (χ2v) is 3.71. The van der Waals surface area contributed by atoms with Gasteiger partial charge in [0.15, 0.2) is 0 Å². The summed E-state index contributed by atoms with van der Waals surface area (Å²) in [5.74, 6) is 5.41. The summed E-state index contributed by atoms with van der Waals surface area (Å²) in [6.07, 6.45) is 0. The summed E-state index contributed by atoms with van der Waals surface area (Å²) in [4.78, 5) is 4.81. The quantitative estimate of drug-likeness (QED) is 0.792. The molecule has 0 radical (unpaired) electrons. The van der Waals surface area contributed by atoms with E-state index in [0.717, 1.165) is 0 Å². The van der Waals surface area contributed by atoms with Crippen LogP contribution in [0.5, 0.6) is 0 Å². The van der Waals surface area contributed by atoms with E-state index in [0.29, 0.717) is 6.61 Å². The fraction of sp³-hybridized carbons (Fsp3) is 0.143. The van der Waals surface area contributed by atoms with Gasteiger partial charge in [0.2, 0.25) is 0 Å². The normalized spacial score (nSPS) is 10.6. The zero-order valence-electron chi connectivity index (χ0n) is 9.04. The highest BCUT2D eigenvalue weighted by atomic mass is 16.6. The lowest BCUT2D eigenvalue weighted by Crippen LogP contribution is -2.12. The molecule has 0 amide bonds. The van der Waals surface area contributed by atoms with E-state index in [2.05, 4.69) is 24.3 Å². The second-order valence-electron chi connectivity index (χ2n) is 3.71. The Kier molecular flexibility index (Phi) is 3.70. The van der Waals surface area contributed by atoms with Gasteiger partial charge in [-0.1, -0.05) is 60.7 Å². The van der Waals surface area contributed by atoms with E-state index in [9.17, 15) is 0 Å². The van der Waals surface area contributed by atoms with Gasteiger partial charge in [0.05, 0.1) is 6.61 Å². The minimum Gasteiger partial charge on any atom is -0.304 e. The maximum absolute atomic E-state index is 5.20. The van der Waals surface area contributed by atoms with E-state index in [1.54, 1.807) is 0 Å². The first-order chi connectivity index (χ1) is 7.92. The van der Waals surface area contributed by atoms with E-state index in [1.807, 2.05) is 36.4 Å². The molecule has 0 fully saturated rings. The Morgan fingerprint density at radius 3 is 1.62 bits per heavy atom. The summed E-state index contributed by atoms with van der Waals surface area (Å²) in [5, 5.41) is 0. The molecule has 0 aromatic heterocycles. The van der Waals surface area contributed by atoms with Gasteiger partial charge in [-0.05, 0) is 11.1 Å². The standard InChI is InChI=1S/C14H15NO/c15-16-11-14(12-7-3-1-4-8-12)13-9-5-2-6-10-13/h1-10,14H,11,15H2. The molecule has 2 heteroatoms. The Bertz CT molecular complexity index is 374. The Hall–Kier alpha value is -1.64. The first-order valence-electron chi connectivity index (χ1n) is 5.33. The molecule has 2 nitrogen and oxygen atoms in total. The summed E-state index contributed by atoms with van der Waals surface area (Å²) in [6, 6.07) is 20.5. The minimum atomic E-state index is 0.201. The van der Waals surface area contributed by atoms with E-state index in [-0.39, 0.29) is 5.92 Å². The van der Waals surface area contributed by atoms with E-state index < -0.39 is 0 Å². The second kappa shape index (κ2) is 5.45. The van der Waals surface area contributed by atoms with Crippen LogP contribution >= 0.6 is 0 Å². The number of nitrogens with two attached hydrogens (primary N) is 1. The van der Waals surface area contributed by atoms with Crippen molar-refractivity contribution in [2.75, 3.05) is 6.61 Å². The monoisotopic (exact) mass is 213 g/mol. The van der Waals surface area contributed by atoms with Crippen LogP contribution in [0.1, 0.15) is 17.0 Å². The number of rotatable bonds is 4. The van der Waals surface area contributed by atoms with Gasteiger partial charge in [0, 0.05) is 5.92 Å². The first kappa shape index (κ1) is 10.9. The molecule has 2 aromatic rings. The van der Waals surface area contributed by atoms with Crippen molar-refractivity contribution in [3.8, 4) is 0 Å². The van der Waals surface area contributed by atoms with E-state index >= 15 is 0 Å². The van der Waals surface area contributed by atoms with Crippen LogP contribution in [0.4, 0.5) is 0 Å². The van der Waals surface area contributed by atoms with Crippen molar-refractivity contribution in [2.24, 2.45) is 5.90 Å². The number of hydrogen-bond donors (Lipinski definition) is 1. The fourth-order valence-corrected chi connectivity index (χ4v) is 1.85. The van der Waals surface area contributed by atoms with Crippen molar-refractivity contribution >= 4 is 0 Å². The predicted octanol–water partition coefficient (Wildman–Crippen LogP) is 2.71. The van der Waals surface area contributed by atoms with Crippen LogP contribution < -0.4 is 5.90 Å². The van der Waals surface area contributed by atoms with Crippen LogP contribution in [0, 0.1) is 0 Å². The molecule has 2 N–H and O–H groups in total. The highest BCUT2D eigenvalue weighted by Gasteiger charge is 2.13. The summed E-state index contributed by atoms with van der Waals surface area (Å²) in [7, 11) is 0. The zero-order valence-corrected chi connectivity index (χ0v) is 9.04. The van der Waals surface area contributed by atoms with E-state index in [1.165, 1.54) is 11.1 Å². The van der Waals surface area contributed by atoms with Gasteiger partial charge in [-0.15, -0.1) is 0 Å². The minimum absolute atomic E-state index is 0.201. The molecule has 0 atom stereocenters. The molecule has 0 aliphatic rings. The van der Waals surface area contributed by atoms with Gasteiger partial charge in [-0.2, -0.15) is 0 Å². The molecule has 0 unspecified atom stereocenters. The summed E-state index contributed by atoms with van der Waals surface area (Å²) in [6.45, 7) is 0.494. The average molecular weight is 213 g/mol. The third kappa shape index (κ3) is 2.48. The Balaban J connectivity index is 2.31. The molecule has 2 rings (SSSR count). The van der Waals surface area contributed by atoms with Gasteiger partial charge in [0.25, 0.3) is 0 Å².